The van der Waals surface area contributed by atoms with E-state index in [1.54, 1.807) is 0 Å². The molecule has 2 saturated heterocycles. The van der Waals surface area contributed by atoms with Crippen LogP contribution in [0, 0.1) is 29.1 Å². The summed E-state index contributed by atoms with van der Waals surface area (Å²) in [7, 11) is -0.149. The van der Waals surface area contributed by atoms with Crippen molar-refractivity contribution in [2.45, 2.75) is 95.7 Å². The minimum Gasteiger partial charge on any atom is -0.480 e. The van der Waals surface area contributed by atoms with Crippen LogP contribution in [-0.2, 0) is 14.1 Å². The van der Waals surface area contributed by atoms with Crippen LogP contribution < -0.4 is 5.73 Å². The van der Waals surface area contributed by atoms with Crippen LogP contribution in [0.4, 0.5) is 0 Å². The fourth-order valence-electron chi connectivity index (χ4n) is 7.93. The molecule has 174 valence electrons. The highest BCUT2D eigenvalue weighted by molar-refractivity contribution is 6.45. The number of carboxylic acid groups (broad SMARTS) is 1. The summed E-state index contributed by atoms with van der Waals surface area (Å²) in [6.45, 7) is 10.0. The molecule has 2 bridgehead atoms. The van der Waals surface area contributed by atoms with Gasteiger partial charge in [-0.05, 0) is 94.4 Å². The summed E-state index contributed by atoms with van der Waals surface area (Å²) < 4.78 is 12.9. The zero-order chi connectivity index (χ0) is 22.0. The first-order chi connectivity index (χ1) is 14.6. The van der Waals surface area contributed by atoms with Gasteiger partial charge >= 0.3 is 13.1 Å². The van der Waals surface area contributed by atoms with Gasteiger partial charge in [0, 0.05) is 12.5 Å². The normalized spacial score (nSPS) is 46.6. The summed E-state index contributed by atoms with van der Waals surface area (Å²) in [6.07, 6.45) is 9.39. The number of carbonyl (C=O) groups is 1. The lowest BCUT2D eigenvalue weighted by Gasteiger charge is -2.64. The van der Waals surface area contributed by atoms with E-state index in [1.165, 1.54) is 19.3 Å². The van der Waals surface area contributed by atoms with Gasteiger partial charge in [-0.25, -0.2) is 0 Å². The monoisotopic (exact) mass is 432 g/mol. The number of likely N-dealkylation sites (tertiary alicyclic amines) is 1. The zero-order valence-electron chi connectivity index (χ0n) is 19.6. The highest BCUT2D eigenvalue weighted by atomic mass is 16.7. The molecule has 0 aromatic carbocycles. The number of nitrogens with two attached hydrogens (primary N) is 1. The van der Waals surface area contributed by atoms with Crippen molar-refractivity contribution in [2.75, 3.05) is 19.6 Å². The molecule has 2 aliphatic heterocycles. The fourth-order valence-corrected chi connectivity index (χ4v) is 7.93. The Morgan fingerprint density at radius 2 is 1.94 bits per heavy atom. The average Bonchev–Trinajstić information content (AvgIpc) is 3.34. The smallest absolute Gasteiger partial charge is 0.457 e. The Morgan fingerprint density at radius 1 is 1.19 bits per heavy atom. The number of aliphatic carboxylic acids is 1. The van der Waals surface area contributed by atoms with E-state index in [1.807, 2.05) is 0 Å². The van der Waals surface area contributed by atoms with Gasteiger partial charge in [-0.15, -0.1) is 0 Å². The number of nitrogens with zero attached hydrogens (tertiary/aromatic N) is 1. The zero-order valence-corrected chi connectivity index (χ0v) is 19.6. The lowest BCUT2D eigenvalue weighted by Crippen LogP contribution is -2.65. The van der Waals surface area contributed by atoms with Crippen LogP contribution in [-0.4, -0.2) is 60.0 Å². The van der Waals surface area contributed by atoms with E-state index in [4.69, 9.17) is 15.0 Å². The van der Waals surface area contributed by atoms with Crippen LogP contribution >= 0.6 is 0 Å². The molecule has 0 aromatic heterocycles. The first-order valence-corrected chi connectivity index (χ1v) is 12.7. The summed E-state index contributed by atoms with van der Waals surface area (Å²) in [4.78, 5) is 14.6. The maximum absolute atomic E-state index is 12.2. The Kier molecular flexibility index (Phi) is 5.52. The number of carboxylic acids is 1. The van der Waals surface area contributed by atoms with Crippen LogP contribution in [0.5, 0.6) is 0 Å². The number of rotatable bonds is 6. The molecule has 0 spiro atoms. The van der Waals surface area contributed by atoms with Crippen molar-refractivity contribution in [1.82, 2.24) is 4.90 Å². The van der Waals surface area contributed by atoms with Crippen molar-refractivity contribution in [1.29, 1.82) is 0 Å². The molecule has 6 rings (SSSR count). The summed E-state index contributed by atoms with van der Waals surface area (Å²) >= 11 is 0. The van der Waals surface area contributed by atoms with Crippen LogP contribution in [0.15, 0.2) is 0 Å². The van der Waals surface area contributed by atoms with Gasteiger partial charge in [0.2, 0.25) is 0 Å². The highest BCUT2D eigenvalue weighted by Crippen LogP contribution is 2.65. The van der Waals surface area contributed by atoms with Crippen LogP contribution in [0.25, 0.3) is 0 Å². The molecule has 6 aliphatic rings. The van der Waals surface area contributed by atoms with E-state index >= 15 is 0 Å². The topological polar surface area (TPSA) is 85.0 Å². The maximum Gasteiger partial charge on any atom is 0.457 e. The van der Waals surface area contributed by atoms with Crippen molar-refractivity contribution in [2.24, 2.45) is 34.8 Å². The van der Waals surface area contributed by atoms with Crippen LogP contribution in [0.3, 0.4) is 0 Å². The van der Waals surface area contributed by atoms with Crippen molar-refractivity contribution < 1.29 is 19.2 Å². The van der Waals surface area contributed by atoms with Crippen molar-refractivity contribution >= 4 is 13.1 Å². The maximum atomic E-state index is 12.2. The molecule has 0 unspecified atom stereocenters. The second-order valence-corrected chi connectivity index (χ2v) is 12.2. The second kappa shape index (κ2) is 7.71. The summed E-state index contributed by atoms with van der Waals surface area (Å²) in [6, 6.07) is 0. The molecular weight excluding hydrogens is 391 g/mol. The van der Waals surface area contributed by atoms with E-state index in [2.05, 4.69) is 25.7 Å². The van der Waals surface area contributed by atoms with Gasteiger partial charge in [0.05, 0.1) is 11.7 Å². The molecule has 0 radical (unpaired) electrons. The average molecular weight is 432 g/mol. The molecular formula is C24H41BN2O4. The third-order valence-electron chi connectivity index (χ3n) is 10.2. The van der Waals surface area contributed by atoms with Gasteiger partial charge in [-0.1, -0.05) is 20.3 Å². The Hall–Kier alpha value is -0.625. The Labute approximate surface area is 187 Å². The lowest BCUT2D eigenvalue weighted by atomic mass is 9.43. The lowest BCUT2D eigenvalue weighted by molar-refractivity contribution is -0.199. The molecule has 6 fully saturated rings. The molecule has 7 atom stereocenters. The second-order valence-electron chi connectivity index (χ2n) is 12.2. The summed E-state index contributed by atoms with van der Waals surface area (Å²) in [5.74, 6) is 0.906. The quantitative estimate of drug-likeness (QED) is 0.626. The van der Waals surface area contributed by atoms with E-state index < -0.39 is 11.5 Å². The summed E-state index contributed by atoms with van der Waals surface area (Å²) in [5, 5.41) is 10.0. The van der Waals surface area contributed by atoms with Crippen molar-refractivity contribution in [3.8, 4) is 0 Å². The van der Waals surface area contributed by atoms with E-state index in [0.717, 1.165) is 57.6 Å². The Balaban J connectivity index is 1.17. The molecule has 31 heavy (non-hydrogen) atoms. The van der Waals surface area contributed by atoms with E-state index in [-0.39, 0.29) is 24.7 Å². The minimum atomic E-state index is -1.10. The molecule has 2 heterocycles. The molecule has 0 aromatic rings. The third kappa shape index (κ3) is 3.58. The predicted octanol–water partition coefficient (Wildman–Crippen LogP) is 3.40. The standard InChI is InChI=1S/C24H41BN2O4/c1-22(2)18-12-19(22)23(3)20(13-18)30-25(31-23)9-8-16-6-7-17(15-27-10-4-5-11-27)24(26,14-16)21(28)29/h16-20H,4-15,26H2,1-3H3,(H,28,29)/t16-,17-,18+,19+,20-,23+,24+/m0/s1. The van der Waals surface area contributed by atoms with Gasteiger partial charge in [0.1, 0.15) is 5.54 Å². The first-order valence-electron chi connectivity index (χ1n) is 12.7. The van der Waals surface area contributed by atoms with Gasteiger partial charge in [0.15, 0.2) is 0 Å². The van der Waals surface area contributed by atoms with Crippen molar-refractivity contribution in [3.63, 3.8) is 0 Å². The minimum absolute atomic E-state index is 0.0501. The van der Waals surface area contributed by atoms with Gasteiger partial charge in [-0.3, -0.25) is 4.79 Å². The molecule has 4 aliphatic carbocycles. The highest BCUT2D eigenvalue weighted by Gasteiger charge is 2.67. The largest absolute Gasteiger partial charge is 0.480 e. The Morgan fingerprint density at radius 3 is 2.61 bits per heavy atom. The number of hydrogen-bond acceptors (Lipinski definition) is 5. The molecule has 7 heteroatoms. The van der Waals surface area contributed by atoms with E-state index in [9.17, 15) is 9.90 Å². The molecule has 6 nitrogen and oxygen atoms in total. The first kappa shape index (κ1) is 22.2. The van der Waals surface area contributed by atoms with Gasteiger partial charge in [-0.2, -0.15) is 0 Å². The van der Waals surface area contributed by atoms with Gasteiger partial charge in [0.25, 0.3) is 0 Å². The van der Waals surface area contributed by atoms with Crippen LogP contribution in [0.1, 0.15) is 72.1 Å². The Bertz CT molecular complexity index is 714. The molecule has 4 saturated carbocycles. The number of hydrogen-bond donors (Lipinski definition) is 2. The van der Waals surface area contributed by atoms with Crippen molar-refractivity contribution in [3.05, 3.63) is 0 Å². The summed E-state index contributed by atoms with van der Waals surface area (Å²) in [5.41, 5.74) is 5.68. The molecule has 0 amide bonds. The molecule has 3 N–H and O–H groups in total. The SMILES string of the molecule is CC1(C)[C@H]2C[C@@H]3OB(CC[C@@H]4CC[C@@H](CN5CCCC5)[C@@](N)(C(=O)O)C4)O[C@]3(C)[C@@H]1C2. The van der Waals surface area contributed by atoms with Crippen LogP contribution in [0.2, 0.25) is 6.32 Å². The van der Waals surface area contributed by atoms with E-state index in [0.29, 0.717) is 23.7 Å². The predicted molar refractivity (Wildman–Crippen MR) is 121 cm³/mol. The fraction of sp³-hybridized carbons (Fsp3) is 0.958. The van der Waals surface area contributed by atoms with Gasteiger partial charge < -0.3 is 25.0 Å². The third-order valence-corrected chi connectivity index (χ3v) is 10.2.